The van der Waals surface area contributed by atoms with E-state index in [2.05, 4.69) is 9.98 Å². The number of para-hydroxylation sites is 1. The highest BCUT2D eigenvalue weighted by Gasteiger charge is 1.96. The van der Waals surface area contributed by atoms with Gasteiger partial charge in [-0.1, -0.05) is 6.07 Å². The highest BCUT2D eigenvalue weighted by Crippen LogP contribution is 1.88. The molecule has 56 valence electrons. The second kappa shape index (κ2) is 2.34. The van der Waals surface area contributed by atoms with Crippen molar-refractivity contribution >= 4 is 5.69 Å². The Morgan fingerprint density at radius 3 is 2.82 bits per heavy atom. The van der Waals surface area contributed by atoms with Gasteiger partial charge in [0, 0.05) is 0 Å². The third-order valence-electron chi connectivity index (χ3n) is 1.70. The van der Waals surface area contributed by atoms with Crippen LogP contribution in [0.2, 0.25) is 0 Å². The van der Waals surface area contributed by atoms with Crippen LogP contribution in [0.1, 0.15) is 0 Å². The van der Waals surface area contributed by atoms with Crippen LogP contribution in [-0.4, -0.2) is 13.1 Å². The summed E-state index contributed by atoms with van der Waals surface area (Å²) in [6.07, 6.45) is 0. The van der Waals surface area contributed by atoms with Crippen LogP contribution in [0.25, 0.3) is 0 Å². The molecule has 0 fully saturated rings. The summed E-state index contributed by atoms with van der Waals surface area (Å²) >= 11 is 0. The molecule has 2 rings (SSSR count). The van der Waals surface area contributed by atoms with E-state index in [1.54, 1.807) is 0 Å². The Bertz CT molecular complexity index is 381. The molecule has 1 aliphatic rings. The second-order valence-corrected chi connectivity index (χ2v) is 2.48. The van der Waals surface area contributed by atoms with Crippen molar-refractivity contribution in [2.24, 2.45) is 9.98 Å². The van der Waals surface area contributed by atoms with E-state index in [-0.39, 0.29) is 0 Å². The molecule has 0 bridgehead atoms. The van der Waals surface area contributed by atoms with Gasteiger partial charge in [0.15, 0.2) is 0 Å². The maximum absolute atomic E-state index is 5.69. The number of fused-ring (bicyclic) bond motifs is 1. The first-order valence-electron chi connectivity index (χ1n) is 3.61. The summed E-state index contributed by atoms with van der Waals surface area (Å²) in [5, 5.41) is 1.79. The van der Waals surface area contributed by atoms with E-state index in [9.17, 15) is 0 Å². The van der Waals surface area contributed by atoms with Gasteiger partial charge in [-0.3, -0.25) is 9.98 Å². The van der Waals surface area contributed by atoms with E-state index in [1.165, 1.54) is 0 Å². The quantitative estimate of drug-likeness (QED) is 0.495. The SMILES string of the molecule is Nc1cccc2c1=NCCN=2. The minimum atomic E-state index is 0.728. The molecule has 1 aromatic carbocycles. The van der Waals surface area contributed by atoms with Crippen molar-refractivity contribution in [1.82, 2.24) is 0 Å². The van der Waals surface area contributed by atoms with Crippen molar-refractivity contribution in [3.05, 3.63) is 28.9 Å². The third kappa shape index (κ3) is 0.981. The van der Waals surface area contributed by atoms with Gasteiger partial charge < -0.3 is 5.73 Å². The Balaban J connectivity index is 2.88. The monoisotopic (exact) mass is 147 g/mol. The Hall–Kier alpha value is -1.38. The predicted octanol–water partition coefficient (Wildman–Crippen LogP) is -0.478. The number of nitrogens with zero attached hydrogens (tertiary/aromatic N) is 2. The van der Waals surface area contributed by atoms with E-state index >= 15 is 0 Å². The van der Waals surface area contributed by atoms with Crippen LogP contribution in [0.4, 0.5) is 5.69 Å². The average molecular weight is 147 g/mol. The first-order valence-corrected chi connectivity index (χ1v) is 3.61. The number of hydrogen-bond acceptors (Lipinski definition) is 3. The van der Waals surface area contributed by atoms with Crippen molar-refractivity contribution < 1.29 is 0 Å². The van der Waals surface area contributed by atoms with Crippen LogP contribution in [0.3, 0.4) is 0 Å². The van der Waals surface area contributed by atoms with Crippen molar-refractivity contribution in [2.75, 3.05) is 18.8 Å². The lowest BCUT2D eigenvalue weighted by molar-refractivity contribution is 0.867. The highest BCUT2D eigenvalue weighted by molar-refractivity contribution is 5.36. The zero-order chi connectivity index (χ0) is 7.68. The molecule has 0 atom stereocenters. The zero-order valence-electron chi connectivity index (χ0n) is 6.12. The van der Waals surface area contributed by atoms with Gasteiger partial charge in [-0.15, -0.1) is 0 Å². The minimum absolute atomic E-state index is 0.728. The summed E-state index contributed by atoms with van der Waals surface area (Å²) < 4.78 is 0. The molecular weight excluding hydrogens is 138 g/mol. The summed E-state index contributed by atoms with van der Waals surface area (Å²) in [6.45, 7) is 1.55. The summed E-state index contributed by atoms with van der Waals surface area (Å²) in [5.41, 5.74) is 6.42. The molecule has 0 saturated heterocycles. The molecule has 0 radical (unpaired) electrons. The first-order chi connectivity index (χ1) is 5.38. The Kier molecular flexibility index (Phi) is 1.35. The normalized spacial score (nSPS) is 14.5. The Morgan fingerprint density at radius 2 is 2.00 bits per heavy atom. The largest absolute Gasteiger partial charge is 0.397 e. The average Bonchev–Trinajstić information content (AvgIpc) is 2.06. The lowest BCUT2D eigenvalue weighted by Gasteiger charge is -2.00. The van der Waals surface area contributed by atoms with Crippen molar-refractivity contribution in [3.8, 4) is 0 Å². The molecule has 0 saturated carbocycles. The summed E-state index contributed by atoms with van der Waals surface area (Å²) in [5.74, 6) is 0. The smallest absolute Gasteiger partial charge is 0.106 e. The molecule has 3 heteroatoms. The molecule has 11 heavy (non-hydrogen) atoms. The number of benzene rings is 1. The number of anilines is 1. The molecule has 0 amide bonds. The van der Waals surface area contributed by atoms with Crippen LogP contribution in [0.15, 0.2) is 28.2 Å². The van der Waals surface area contributed by atoms with Crippen LogP contribution in [0, 0.1) is 0 Å². The lowest BCUT2D eigenvalue weighted by atomic mass is 10.3. The first kappa shape index (κ1) is 6.34. The van der Waals surface area contributed by atoms with Gasteiger partial charge in [0.25, 0.3) is 0 Å². The molecule has 0 aromatic heterocycles. The topological polar surface area (TPSA) is 50.7 Å². The zero-order valence-corrected chi connectivity index (χ0v) is 6.12. The maximum atomic E-state index is 5.69. The molecule has 0 spiro atoms. The van der Waals surface area contributed by atoms with Crippen LogP contribution < -0.4 is 16.4 Å². The van der Waals surface area contributed by atoms with E-state index in [1.807, 2.05) is 18.2 Å². The fourth-order valence-corrected chi connectivity index (χ4v) is 1.18. The molecule has 2 N–H and O–H groups in total. The van der Waals surface area contributed by atoms with E-state index in [4.69, 9.17) is 5.73 Å². The number of rotatable bonds is 0. The van der Waals surface area contributed by atoms with Crippen LogP contribution in [-0.2, 0) is 0 Å². The van der Waals surface area contributed by atoms with Gasteiger partial charge >= 0.3 is 0 Å². The molecule has 0 unspecified atom stereocenters. The highest BCUT2D eigenvalue weighted by atomic mass is 14.9. The molecule has 3 nitrogen and oxygen atoms in total. The second-order valence-electron chi connectivity index (χ2n) is 2.48. The number of hydrogen-bond donors (Lipinski definition) is 1. The minimum Gasteiger partial charge on any atom is -0.397 e. The van der Waals surface area contributed by atoms with Gasteiger partial charge in [-0.05, 0) is 12.1 Å². The van der Waals surface area contributed by atoms with Crippen LogP contribution >= 0.6 is 0 Å². The lowest BCUT2D eigenvalue weighted by Crippen LogP contribution is -2.32. The van der Waals surface area contributed by atoms with Gasteiger partial charge in [0.1, 0.15) is 5.36 Å². The van der Waals surface area contributed by atoms with Gasteiger partial charge in [0.2, 0.25) is 0 Å². The van der Waals surface area contributed by atoms with Gasteiger partial charge in [-0.2, -0.15) is 0 Å². The van der Waals surface area contributed by atoms with Crippen LogP contribution in [0.5, 0.6) is 0 Å². The number of nitrogens with two attached hydrogens (primary N) is 1. The Labute approximate surface area is 64.3 Å². The van der Waals surface area contributed by atoms with Crippen molar-refractivity contribution in [1.29, 1.82) is 0 Å². The van der Waals surface area contributed by atoms with E-state index in [0.29, 0.717) is 0 Å². The maximum Gasteiger partial charge on any atom is 0.106 e. The standard InChI is InChI=1S/C8H9N3/c9-6-2-1-3-7-8(6)11-5-4-10-7/h1-3H,4-5,9H2. The fraction of sp³-hybridized carbons (Fsp3) is 0.250. The number of nitrogen functional groups attached to an aromatic ring is 1. The van der Waals surface area contributed by atoms with Crippen molar-refractivity contribution in [2.45, 2.75) is 0 Å². The molecule has 1 aliphatic heterocycles. The van der Waals surface area contributed by atoms with E-state index < -0.39 is 0 Å². The van der Waals surface area contributed by atoms with Gasteiger partial charge in [-0.25, -0.2) is 0 Å². The summed E-state index contributed by atoms with van der Waals surface area (Å²) in [4.78, 5) is 8.55. The van der Waals surface area contributed by atoms with Crippen molar-refractivity contribution in [3.63, 3.8) is 0 Å². The molecule has 0 aliphatic carbocycles. The Morgan fingerprint density at radius 1 is 1.18 bits per heavy atom. The summed E-state index contributed by atoms with van der Waals surface area (Å²) in [7, 11) is 0. The van der Waals surface area contributed by atoms with Gasteiger partial charge in [0.05, 0.1) is 24.1 Å². The predicted molar refractivity (Wildman–Crippen MR) is 42.9 cm³/mol. The molecule has 1 heterocycles. The summed E-state index contributed by atoms with van der Waals surface area (Å²) in [6, 6.07) is 5.69. The molecular formula is C8H9N3. The molecule has 1 aromatic rings. The van der Waals surface area contributed by atoms with E-state index in [0.717, 1.165) is 29.5 Å². The third-order valence-corrected chi connectivity index (χ3v) is 1.70. The fourth-order valence-electron chi connectivity index (χ4n) is 1.18.